The molecule has 0 radical (unpaired) electrons. The minimum absolute atomic E-state index is 0.119. The molecular weight excluding hydrogens is 608 g/mol. The highest BCUT2D eigenvalue weighted by Gasteiger charge is 2.51. The summed E-state index contributed by atoms with van der Waals surface area (Å²) in [5, 5.41) is 102. The molecule has 2 saturated heterocycles. The minimum atomic E-state index is -1.96. The molecule has 246 valence electrons. The number of hydrogen-bond donors (Lipinski definition) is 10. The fourth-order valence-electron chi connectivity index (χ4n) is 5.15. The lowest BCUT2D eigenvalue weighted by Gasteiger charge is -2.45. The van der Waals surface area contributed by atoms with Crippen molar-refractivity contribution in [2.75, 3.05) is 20.3 Å². The Labute approximate surface area is 252 Å². The second-order valence-corrected chi connectivity index (χ2v) is 10.4. The molecule has 3 aromatic rings. The zero-order chi connectivity index (χ0) is 32.7. The van der Waals surface area contributed by atoms with E-state index in [1.807, 2.05) is 0 Å². The first-order chi connectivity index (χ1) is 21.4. The SMILES string of the molecule is COc1c(O)cc(O)c2c(=O)c(O[C@@H]3O[C@@H](CO)[C@@H](O)[C@H](O)[C@@H]3O[C@@H]3O[C@H](CO)[C@@H](O)[C@H](O)[C@H]3O)c(-c3ccc(O)cc3)oc12. The molecule has 1 aromatic heterocycles. The Balaban J connectivity index is 1.63. The molecule has 2 aliphatic heterocycles. The second-order valence-electron chi connectivity index (χ2n) is 10.4. The van der Waals surface area contributed by atoms with Gasteiger partial charge in [0.25, 0.3) is 0 Å². The fourth-order valence-corrected chi connectivity index (χ4v) is 5.15. The van der Waals surface area contributed by atoms with Crippen molar-refractivity contribution in [2.45, 2.75) is 61.4 Å². The normalized spacial score (nSPS) is 32.0. The van der Waals surface area contributed by atoms with Crippen molar-refractivity contribution in [3.05, 3.63) is 40.6 Å². The monoisotopic (exact) mass is 640 g/mol. The number of fused-ring (bicyclic) bond motifs is 1. The number of phenols is 3. The van der Waals surface area contributed by atoms with Crippen LogP contribution in [0.3, 0.4) is 0 Å². The predicted molar refractivity (Wildman–Crippen MR) is 146 cm³/mol. The topological polar surface area (TPSA) is 279 Å². The third-order valence-electron chi connectivity index (χ3n) is 7.57. The van der Waals surface area contributed by atoms with E-state index in [9.17, 15) is 55.9 Å². The van der Waals surface area contributed by atoms with E-state index in [0.29, 0.717) is 0 Å². The van der Waals surface area contributed by atoms with Crippen LogP contribution in [0, 0.1) is 0 Å². The molecule has 0 unspecified atom stereocenters. The molecule has 2 aliphatic rings. The van der Waals surface area contributed by atoms with Gasteiger partial charge in [-0.05, 0) is 24.3 Å². The largest absolute Gasteiger partial charge is 0.508 e. The lowest BCUT2D eigenvalue weighted by atomic mass is 9.97. The lowest BCUT2D eigenvalue weighted by molar-refractivity contribution is -0.358. The first-order valence-electron chi connectivity index (χ1n) is 13.6. The van der Waals surface area contributed by atoms with Crippen LogP contribution in [0.15, 0.2) is 39.5 Å². The van der Waals surface area contributed by atoms with Crippen LogP contribution in [0.4, 0.5) is 0 Å². The first kappa shape index (κ1) is 32.6. The van der Waals surface area contributed by atoms with Crippen LogP contribution in [0.2, 0.25) is 0 Å². The van der Waals surface area contributed by atoms with Crippen LogP contribution < -0.4 is 14.9 Å². The van der Waals surface area contributed by atoms with Crippen molar-refractivity contribution in [1.82, 2.24) is 0 Å². The summed E-state index contributed by atoms with van der Waals surface area (Å²) in [6.45, 7) is -1.65. The molecule has 0 aliphatic carbocycles. The average Bonchev–Trinajstić information content (AvgIpc) is 3.01. The fraction of sp³-hybridized carbons (Fsp3) is 0.464. The van der Waals surface area contributed by atoms with Crippen molar-refractivity contribution in [1.29, 1.82) is 0 Å². The third kappa shape index (κ3) is 5.86. The first-order valence-corrected chi connectivity index (χ1v) is 13.6. The number of hydrogen-bond acceptors (Lipinski definition) is 17. The number of rotatable bonds is 8. The van der Waals surface area contributed by atoms with Crippen LogP contribution in [-0.2, 0) is 14.2 Å². The van der Waals surface area contributed by atoms with Gasteiger partial charge >= 0.3 is 0 Å². The molecule has 5 rings (SSSR count). The Morgan fingerprint density at radius 1 is 0.756 bits per heavy atom. The molecule has 17 nitrogen and oxygen atoms in total. The maximum Gasteiger partial charge on any atom is 0.239 e. The zero-order valence-electron chi connectivity index (χ0n) is 23.4. The molecule has 45 heavy (non-hydrogen) atoms. The molecule has 2 fully saturated rings. The number of phenolic OH excluding ortho intramolecular Hbond substituents is 3. The van der Waals surface area contributed by atoms with Crippen LogP contribution in [-0.4, -0.2) is 133 Å². The van der Waals surface area contributed by atoms with Gasteiger partial charge in [-0.15, -0.1) is 0 Å². The molecule has 0 spiro atoms. The minimum Gasteiger partial charge on any atom is -0.508 e. The van der Waals surface area contributed by atoms with Crippen LogP contribution in [0.1, 0.15) is 0 Å². The van der Waals surface area contributed by atoms with Crippen LogP contribution >= 0.6 is 0 Å². The van der Waals surface area contributed by atoms with Crippen LogP contribution in [0.5, 0.6) is 28.7 Å². The van der Waals surface area contributed by atoms with Gasteiger partial charge in [0.15, 0.2) is 29.5 Å². The summed E-state index contributed by atoms with van der Waals surface area (Å²) in [4.78, 5) is 13.9. The number of aliphatic hydroxyl groups is 7. The van der Waals surface area contributed by atoms with Gasteiger partial charge in [-0.1, -0.05) is 0 Å². The molecule has 10 N–H and O–H groups in total. The molecular formula is C28H32O17. The molecule has 17 heteroatoms. The standard InChI is InChI=1S/C28H32O17/c1-40-23-12(33)6-11(32)15-18(36)25(22(43-24(15)23)9-2-4-10(31)5-3-9)44-28-26(20(38)17(35)14(8-30)42-28)45-27-21(39)19(37)16(34)13(7-29)41-27/h2-6,13-14,16-17,19-21,26-35,37-39H,7-8H2,1H3/t13-,14+,16-,17-,19+,20+,21-,26+,27+,28+/m1/s1. The lowest BCUT2D eigenvalue weighted by Crippen LogP contribution is -2.65. The Bertz CT molecular complexity index is 1560. The summed E-state index contributed by atoms with van der Waals surface area (Å²) >= 11 is 0. The van der Waals surface area contributed by atoms with Gasteiger partial charge in [-0.2, -0.15) is 0 Å². The van der Waals surface area contributed by atoms with Crippen molar-refractivity contribution < 1.29 is 79.2 Å². The van der Waals surface area contributed by atoms with Crippen molar-refractivity contribution in [3.8, 4) is 40.1 Å². The third-order valence-corrected chi connectivity index (χ3v) is 7.57. The van der Waals surface area contributed by atoms with Gasteiger partial charge in [0.2, 0.25) is 23.2 Å². The Morgan fingerprint density at radius 3 is 1.96 bits per heavy atom. The summed E-state index contributed by atoms with van der Waals surface area (Å²) in [6.07, 6.45) is -17.9. The second kappa shape index (κ2) is 12.9. The average molecular weight is 641 g/mol. The highest BCUT2D eigenvalue weighted by molar-refractivity contribution is 5.93. The number of ether oxygens (including phenoxy) is 5. The Morgan fingerprint density at radius 2 is 1.36 bits per heavy atom. The van der Waals surface area contributed by atoms with Crippen molar-refractivity contribution in [3.63, 3.8) is 0 Å². The maximum absolute atomic E-state index is 13.9. The van der Waals surface area contributed by atoms with Gasteiger partial charge < -0.3 is 79.2 Å². The number of benzene rings is 2. The summed E-state index contributed by atoms with van der Waals surface area (Å²) in [6, 6.07) is 6.00. The van der Waals surface area contributed by atoms with Gasteiger partial charge in [0, 0.05) is 11.6 Å². The summed E-state index contributed by atoms with van der Waals surface area (Å²) in [5.74, 6) is -2.80. The van der Waals surface area contributed by atoms with Gasteiger partial charge in [-0.25, -0.2) is 0 Å². The summed E-state index contributed by atoms with van der Waals surface area (Å²) in [7, 11) is 1.18. The molecule has 0 saturated carbocycles. The van der Waals surface area contributed by atoms with E-state index in [2.05, 4.69) is 0 Å². The number of methoxy groups -OCH3 is 1. The van der Waals surface area contributed by atoms with E-state index < -0.39 is 108 Å². The predicted octanol–water partition coefficient (Wildman–Crippen LogP) is -2.41. The molecule has 10 atom stereocenters. The highest BCUT2D eigenvalue weighted by atomic mass is 16.8. The molecule has 0 amide bonds. The van der Waals surface area contributed by atoms with E-state index in [-0.39, 0.29) is 22.8 Å². The van der Waals surface area contributed by atoms with Gasteiger partial charge in [0.1, 0.15) is 59.6 Å². The van der Waals surface area contributed by atoms with Crippen LogP contribution in [0.25, 0.3) is 22.3 Å². The Hall–Kier alpha value is -3.75. The molecule has 3 heterocycles. The quantitative estimate of drug-likeness (QED) is 0.123. The van der Waals surface area contributed by atoms with E-state index >= 15 is 0 Å². The van der Waals surface area contributed by atoms with E-state index in [1.165, 1.54) is 31.4 Å². The van der Waals surface area contributed by atoms with Crippen molar-refractivity contribution >= 4 is 11.0 Å². The summed E-state index contributed by atoms with van der Waals surface area (Å²) in [5.41, 5.74) is -1.32. The molecule has 0 bridgehead atoms. The Kier molecular flexibility index (Phi) is 9.38. The van der Waals surface area contributed by atoms with E-state index in [1.54, 1.807) is 0 Å². The van der Waals surface area contributed by atoms with Gasteiger partial charge in [-0.3, -0.25) is 4.79 Å². The highest BCUT2D eigenvalue weighted by Crippen LogP contribution is 2.43. The van der Waals surface area contributed by atoms with Gasteiger partial charge in [0.05, 0.1) is 20.3 Å². The maximum atomic E-state index is 13.9. The number of aliphatic hydroxyl groups excluding tert-OH is 7. The number of aromatic hydroxyl groups is 3. The summed E-state index contributed by atoms with van der Waals surface area (Å²) < 4.78 is 33.6. The smallest absolute Gasteiger partial charge is 0.239 e. The molecule has 2 aromatic carbocycles. The zero-order valence-corrected chi connectivity index (χ0v) is 23.4. The van der Waals surface area contributed by atoms with E-state index in [4.69, 9.17) is 28.1 Å². The van der Waals surface area contributed by atoms with Crippen molar-refractivity contribution in [2.24, 2.45) is 0 Å². The van der Waals surface area contributed by atoms with E-state index in [0.717, 1.165) is 6.07 Å².